The molecule has 1 atom stereocenters. The lowest BCUT2D eigenvalue weighted by Gasteiger charge is -2.34. The Labute approximate surface area is 137 Å². The molecule has 1 heterocycles. The number of carbonyl (C=O) groups is 1. The number of piperidine rings is 1. The van der Waals surface area contributed by atoms with Crippen molar-refractivity contribution in [1.29, 1.82) is 0 Å². The predicted molar refractivity (Wildman–Crippen MR) is 88.9 cm³/mol. The van der Waals surface area contributed by atoms with Gasteiger partial charge in [0.25, 0.3) is 0 Å². The van der Waals surface area contributed by atoms with Crippen LogP contribution in [0, 0.1) is 5.92 Å². The molecule has 1 saturated heterocycles. The minimum absolute atomic E-state index is 0.207. The standard InChI is InChI=1S/C17H25ClN2O2/c1-19(2)10-9-16(21)20-11-7-14(8-12-20)17(22)13-3-5-15(18)6-4-13/h3-6,14,17,22H,7-12H2,1-2H3. The third kappa shape index (κ3) is 4.70. The molecule has 1 N–H and O–H groups in total. The summed E-state index contributed by atoms with van der Waals surface area (Å²) in [6.07, 6.45) is 1.78. The first-order valence-corrected chi connectivity index (χ1v) is 8.21. The van der Waals surface area contributed by atoms with Crippen molar-refractivity contribution in [3.8, 4) is 0 Å². The van der Waals surface area contributed by atoms with Crippen LogP contribution in [0.3, 0.4) is 0 Å². The number of benzene rings is 1. The maximum Gasteiger partial charge on any atom is 0.223 e. The van der Waals surface area contributed by atoms with E-state index in [0.29, 0.717) is 11.4 Å². The number of hydrogen-bond acceptors (Lipinski definition) is 3. The third-order valence-electron chi connectivity index (χ3n) is 4.32. The Balaban J connectivity index is 1.83. The number of rotatable bonds is 5. The van der Waals surface area contributed by atoms with Gasteiger partial charge >= 0.3 is 0 Å². The summed E-state index contributed by atoms with van der Waals surface area (Å²) in [5, 5.41) is 11.2. The van der Waals surface area contributed by atoms with Gasteiger partial charge in [-0.3, -0.25) is 4.79 Å². The minimum Gasteiger partial charge on any atom is -0.388 e. The minimum atomic E-state index is -0.476. The van der Waals surface area contributed by atoms with Crippen LogP contribution in [0.15, 0.2) is 24.3 Å². The molecule has 0 spiro atoms. The first-order valence-electron chi connectivity index (χ1n) is 7.83. The molecular formula is C17H25ClN2O2. The second-order valence-corrected chi connectivity index (χ2v) is 6.70. The molecule has 5 heteroatoms. The zero-order valence-corrected chi connectivity index (χ0v) is 14.1. The molecule has 122 valence electrons. The number of aliphatic hydroxyl groups is 1. The van der Waals surface area contributed by atoms with Crippen LogP contribution < -0.4 is 0 Å². The lowest BCUT2D eigenvalue weighted by Crippen LogP contribution is -2.40. The normalized spacial score (nSPS) is 17.8. The molecule has 1 aromatic rings. The Hall–Kier alpha value is -1.10. The second-order valence-electron chi connectivity index (χ2n) is 6.27. The Morgan fingerprint density at radius 2 is 1.91 bits per heavy atom. The van der Waals surface area contributed by atoms with Crippen LogP contribution >= 0.6 is 11.6 Å². The van der Waals surface area contributed by atoms with Gasteiger partial charge in [0, 0.05) is 31.1 Å². The number of amides is 1. The largest absolute Gasteiger partial charge is 0.388 e. The van der Waals surface area contributed by atoms with Gasteiger partial charge in [0.1, 0.15) is 0 Å². The van der Waals surface area contributed by atoms with E-state index in [9.17, 15) is 9.90 Å². The van der Waals surface area contributed by atoms with Gasteiger partial charge in [-0.15, -0.1) is 0 Å². The fourth-order valence-corrected chi connectivity index (χ4v) is 3.00. The van der Waals surface area contributed by atoms with Crippen LogP contribution in [0.1, 0.15) is 30.9 Å². The van der Waals surface area contributed by atoms with E-state index in [4.69, 9.17) is 11.6 Å². The molecule has 0 aliphatic carbocycles. The third-order valence-corrected chi connectivity index (χ3v) is 4.58. The average Bonchev–Trinajstić information content (AvgIpc) is 2.53. The molecule has 1 fully saturated rings. The molecule has 0 bridgehead atoms. The van der Waals surface area contributed by atoms with Gasteiger partial charge < -0.3 is 14.9 Å². The second kappa shape index (κ2) is 7.95. The number of aliphatic hydroxyl groups excluding tert-OH is 1. The number of hydrogen-bond donors (Lipinski definition) is 1. The molecule has 4 nitrogen and oxygen atoms in total. The highest BCUT2D eigenvalue weighted by atomic mass is 35.5. The van der Waals surface area contributed by atoms with Crippen molar-refractivity contribution in [2.45, 2.75) is 25.4 Å². The summed E-state index contributed by atoms with van der Waals surface area (Å²) < 4.78 is 0. The van der Waals surface area contributed by atoms with Crippen molar-refractivity contribution in [2.75, 3.05) is 33.7 Å². The maximum absolute atomic E-state index is 12.1. The number of carbonyl (C=O) groups excluding carboxylic acids is 1. The highest BCUT2D eigenvalue weighted by Gasteiger charge is 2.28. The van der Waals surface area contributed by atoms with Crippen molar-refractivity contribution in [2.24, 2.45) is 5.92 Å². The van der Waals surface area contributed by atoms with Gasteiger partial charge in [0.05, 0.1) is 6.10 Å². The van der Waals surface area contributed by atoms with Crippen LogP contribution in [0.2, 0.25) is 5.02 Å². The van der Waals surface area contributed by atoms with E-state index in [1.165, 1.54) is 0 Å². The van der Waals surface area contributed by atoms with Gasteiger partial charge in [-0.25, -0.2) is 0 Å². The van der Waals surface area contributed by atoms with E-state index in [1.54, 1.807) is 12.1 Å². The van der Waals surface area contributed by atoms with Gasteiger partial charge in [-0.2, -0.15) is 0 Å². The van der Waals surface area contributed by atoms with Crippen molar-refractivity contribution >= 4 is 17.5 Å². The molecule has 0 aromatic heterocycles. The number of nitrogens with zero attached hydrogens (tertiary/aromatic N) is 2. The lowest BCUT2D eigenvalue weighted by atomic mass is 9.87. The van der Waals surface area contributed by atoms with E-state index in [0.717, 1.165) is 38.0 Å². The van der Waals surface area contributed by atoms with Crippen LogP contribution in [-0.4, -0.2) is 54.5 Å². The predicted octanol–water partition coefficient (Wildman–Crippen LogP) is 2.56. The van der Waals surface area contributed by atoms with Gasteiger partial charge in [-0.1, -0.05) is 23.7 Å². The molecule has 1 amide bonds. The first kappa shape index (κ1) is 17.3. The van der Waals surface area contributed by atoms with E-state index in [-0.39, 0.29) is 11.8 Å². The van der Waals surface area contributed by atoms with Crippen LogP contribution in [0.25, 0.3) is 0 Å². The van der Waals surface area contributed by atoms with Crippen molar-refractivity contribution in [3.05, 3.63) is 34.9 Å². The molecule has 2 rings (SSSR count). The SMILES string of the molecule is CN(C)CCC(=O)N1CCC(C(O)c2ccc(Cl)cc2)CC1. The van der Waals surface area contributed by atoms with E-state index >= 15 is 0 Å². The Bertz CT molecular complexity index is 482. The molecule has 0 saturated carbocycles. The highest BCUT2D eigenvalue weighted by molar-refractivity contribution is 6.30. The monoisotopic (exact) mass is 324 g/mol. The van der Waals surface area contributed by atoms with Crippen LogP contribution in [0.4, 0.5) is 0 Å². The fourth-order valence-electron chi connectivity index (χ4n) is 2.87. The van der Waals surface area contributed by atoms with Crippen molar-refractivity contribution in [3.63, 3.8) is 0 Å². The van der Waals surface area contributed by atoms with E-state index in [2.05, 4.69) is 0 Å². The summed E-state index contributed by atoms with van der Waals surface area (Å²) in [6, 6.07) is 7.36. The molecular weight excluding hydrogens is 300 g/mol. The molecule has 22 heavy (non-hydrogen) atoms. The smallest absolute Gasteiger partial charge is 0.223 e. The molecule has 1 unspecified atom stereocenters. The highest BCUT2D eigenvalue weighted by Crippen LogP contribution is 2.31. The maximum atomic E-state index is 12.1. The summed E-state index contributed by atoms with van der Waals surface area (Å²) in [5.41, 5.74) is 0.904. The summed E-state index contributed by atoms with van der Waals surface area (Å²) in [5.74, 6) is 0.423. The number of likely N-dealkylation sites (tertiary alicyclic amines) is 1. The quantitative estimate of drug-likeness (QED) is 0.905. The molecule has 1 aromatic carbocycles. The number of halogens is 1. The van der Waals surface area contributed by atoms with Crippen molar-refractivity contribution < 1.29 is 9.90 Å². The summed E-state index contributed by atoms with van der Waals surface area (Å²) >= 11 is 5.88. The van der Waals surface area contributed by atoms with Crippen molar-refractivity contribution in [1.82, 2.24) is 9.80 Å². The Morgan fingerprint density at radius 3 is 2.45 bits per heavy atom. The van der Waals surface area contributed by atoms with Gasteiger partial charge in [-0.05, 0) is 50.6 Å². The van der Waals surface area contributed by atoms with Crippen LogP contribution in [0.5, 0.6) is 0 Å². The lowest BCUT2D eigenvalue weighted by molar-refractivity contribution is -0.133. The molecule has 1 aliphatic heterocycles. The van der Waals surface area contributed by atoms with E-state index < -0.39 is 6.10 Å². The topological polar surface area (TPSA) is 43.8 Å². The van der Waals surface area contributed by atoms with Gasteiger partial charge in [0.2, 0.25) is 5.91 Å². The zero-order chi connectivity index (χ0) is 16.1. The Kier molecular flexibility index (Phi) is 6.24. The van der Waals surface area contributed by atoms with E-state index in [1.807, 2.05) is 36.0 Å². The molecule has 0 radical (unpaired) electrons. The fraction of sp³-hybridized carbons (Fsp3) is 0.588. The Morgan fingerprint density at radius 1 is 1.32 bits per heavy atom. The molecule has 1 aliphatic rings. The first-order chi connectivity index (χ1) is 10.5. The summed E-state index contributed by atoms with van der Waals surface area (Å²) in [6.45, 7) is 2.26. The summed E-state index contributed by atoms with van der Waals surface area (Å²) in [7, 11) is 3.95. The average molecular weight is 325 g/mol. The zero-order valence-electron chi connectivity index (χ0n) is 13.3. The van der Waals surface area contributed by atoms with Crippen LogP contribution in [-0.2, 0) is 4.79 Å². The van der Waals surface area contributed by atoms with Gasteiger partial charge in [0.15, 0.2) is 0 Å². The summed E-state index contributed by atoms with van der Waals surface area (Å²) in [4.78, 5) is 16.1.